The predicted octanol–water partition coefficient (Wildman–Crippen LogP) is 0.0475. The average molecular weight is 159 g/mol. The molecule has 0 fully saturated rings. The molecule has 1 N–H and O–H groups in total. The first-order chi connectivity index (χ1) is 5.77. The Morgan fingerprint density at radius 2 is 2.08 bits per heavy atom. The molecule has 0 spiro atoms. The van der Waals surface area contributed by atoms with Gasteiger partial charge in [-0.25, -0.2) is 0 Å². The Morgan fingerprint density at radius 1 is 1.33 bits per heavy atom. The van der Waals surface area contributed by atoms with Crippen LogP contribution in [0.15, 0.2) is 10.9 Å². The van der Waals surface area contributed by atoms with Crippen molar-refractivity contribution in [2.75, 3.05) is 0 Å². The quantitative estimate of drug-likeness (QED) is 0.533. The van der Waals surface area contributed by atoms with Gasteiger partial charge in [0.15, 0.2) is 0 Å². The minimum Gasteiger partial charge on any atom is -0.326 e. The summed E-state index contributed by atoms with van der Waals surface area (Å²) in [4.78, 5) is 13.9. The molecule has 0 bridgehead atoms. The third-order valence-electron chi connectivity index (χ3n) is 2.37. The first kappa shape index (κ1) is 7.65. The van der Waals surface area contributed by atoms with E-state index >= 15 is 0 Å². The van der Waals surface area contributed by atoms with Gasteiger partial charge in [-0.3, -0.25) is 4.79 Å². The number of aromatic amines is 1. The molecule has 0 aliphatic heterocycles. The highest BCUT2D eigenvalue weighted by atomic mass is 16.1. The van der Waals surface area contributed by atoms with Crippen molar-refractivity contribution in [2.24, 2.45) is 0 Å². The lowest BCUT2D eigenvalue weighted by Gasteiger charge is -2.15. The molecule has 1 aliphatic rings. The Hall–Kier alpha value is -0.985. The van der Waals surface area contributed by atoms with Crippen LogP contribution < -0.4 is 11.0 Å². The van der Waals surface area contributed by atoms with Gasteiger partial charge in [-0.05, 0) is 36.7 Å². The summed E-state index contributed by atoms with van der Waals surface area (Å²) >= 11 is 0. The Bertz CT molecular complexity index is 356. The van der Waals surface area contributed by atoms with Gasteiger partial charge in [-0.2, -0.15) is 0 Å². The van der Waals surface area contributed by atoms with Gasteiger partial charge >= 0.3 is 0 Å². The number of nitrogens with one attached hydrogen (secondary N) is 1. The molecule has 60 valence electrons. The van der Waals surface area contributed by atoms with Crippen LogP contribution in [-0.2, 0) is 12.8 Å². The van der Waals surface area contributed by atoms with E-state index < -0.39 is 0 Å². The molecule has 1 aromatic heterocycles. The van der Waals surface area contributed by atoms with Gasteiger partial charge in [-0.1, -0.05) is 6.07 Å². The highest BCUT2D eigenvalue weighted by Gasteiger charge is 2.10. The maximum Gasteiger partial charge on any atom is 0.240 e. The Labute approximate surface area is 72.4 Å². The fourth-order valence-corrected chi connectivity index (χ4v) is 1.69. The number of fused-ring (bicyclic) bond motifs is 1. The summed E-state index contributed by atoms with van der Waals surface area (Å²) in [6.07, 6.45) is 4.42. The molecular weight excluding hydrogens is 149 g/mol. The molecule has 3 heteroatoms. The minimum atomic E-state index is -0.143. The molecule has 12 heavy (non-hydrogen) atoms. The lowest BCUT2D eigenvalue weighted by molar-refractivity contribution is 0.666. The van der Waals surface area contributed by atoms with E-state index in [9.17, 15) is 4.79 Å². The number of aryl methyl sites for hydroxylation is 2. The zero-order valence-corrected chi connectivity index (χ0v) is 6.89. The van der Waals surface area contributed by atoms with Crippen molar-refractivity contribution in [1.29, 1.82) is 0 Å². The fraction of sp³-hybridized carbons (Fsp3) is 0.444. The van der Waals surface area contributed by atoms with E-state index in [1.165, 1.54) is 18.4 Å². The van der Waals surface area contributed by atoms with Crippen LogP contribution >= 0.6 is 0 Å². The zero-order chi connectivity index (χ0) is 8.55. The topological polar surface area (TPSA) is 32.9 Å². The largest absolute Gasteiger partial charge is 0.326 e. The fourth-order valence-electron chi connectivity index (χ4n) is 1.69. The van der Waals surface area contributed by atoms with Crippen molar-refractivity contribution in [3.05, 3.63) is 27.7 Å². The van der Waals surface area contributed by atoms with Crippen LogP contribution in [0.4, 0.5) is 0 Å². The molecule has 1 heterocycles. The first-order valence-electron chi connectivity index (χ1n) is 4.28. The van der Waals surface area contributed by atoms with E-state index in [1.54, 1.807) is 0 Å². The average Bonchev–Trinajstić information content (AvgIpc) is 2.07. The number of hydrogen-bond donors (Lipinski definition) is 1. The normalized spacial score (nSPS) is 15.7. The van der Waals surface area contributed by atoms with Crippen molar-refractivity contribution in [2.45, 2.75) is 25.7 Å². The van der Waals surface area contributed by atoms with Gasteiger partial charge < -0.3 is 4.98 Å². The van der Waals surface area contributed by atoms with E-state index in [-0.39, 0.29) is 5.56 Å². The molecule has 0 saturated carbocycles. The Kier molecular flexibility index (Phi) is 1.79. The number of rotatable bonds is 0. The molecule has 1 aromatic rings. The molecule has 0 unspecified atom stereocenters. The molecule has 0 amide bonds. The monoisotopic (exact) mass is 159 g/mol. The van der Waals surface area contributed by atoms with Gasteiger partial charge in [0.25, 0.3) is 0 Å². The molecule has 2 radical (unpaired) electrons. The number of hydrogen-bond acceptors (Lipinski definition) is 1. The lowest BCUT2D eigenvalue weighted by Crippen LogP contribution is -2.30. The SMILES string of the molecule is [B]c1cc2c([nH]c1=O)CCCC2. The summed E-state index contributed by atoms with van der Waals surface area (Å²) in [5.41, 5.74) is 2.50. The van der Waals surface area contributed by atoms with Crippen molar-refractivity contribution in [3.8, 4) is 0 Å². The van der Waals surface area contributed by atoms with E-state index in [2.05, 4.69) is 4.98 Å². The van der Waals surface area contributed by atoms with Crippen molar-refractivity contribution in [3.63, 3.8) is 0 Å². The maximum atomic E-state index is 11.1. The van der Waals surface area contributed by atoms with Crippen LogP contribution in [0.5, 0.6) is 0 Å². The molecular formula is C9H10BNO. The molecule has 0 saturated heterocycles. The highest BCUT2D eigenvalue weighted by molar-refractivity contribution is 6.32. The van der Waals surface area contributed by atoms with Crippen molar-refractivity contribution in [1.82, 2.24) is 4.98 Å². The lowest BCUT2D eigenvalue weighted by atomic mass is 9.90. The molecule has 0 atom stereocenters. The summed E-state index contributed by atoms with van der Waals surface area (Å²) in [5.74, 6) is 0. The maximum absolute atomic E-state index is 11.1. The van der Waals surface area contributed by atoms with Gasteiger partial charge in [0.2, 0.25) is 5.56 Å². The van der Waals surface area contributed by atoms with Crippen LogP contribution in [0.2, 0.25) is 0 Å². The molecule has 0 aromatic carbocycles. The molecule has 1 aliphatic carbocycles. The summed E-state index contributed by atoms with van der Waals surface area (Å²) in [6, 6.07) is 1.81. The third kappa shape index (κ3) is 1.19. The zero-order valence-electron chi connectivity index (χ0n) is 6.89. The third-order valence-corrected chi connectivity index (χ3v) is 2.37. The van der Waals surface area contributed by atoms with E-state index in [1.807, 2.05) is 6.07 Å². The summed E-state index contributed by atoms with van der Waals surface area (Å²) in [6.45, 7) is 0. The molecule has 2 nitrogen and oxygen atoms in total. The van der Waals surface area contributed by atoms with E-state index in [0.29, 0.717) is 5.46 Å². The number of pyridine rings is 1. The molecule has 2 rings (SSSR count). The summed E-state index contributed by atoms with van der Waals surface area (Å²) < 4.78 is 0. The Balaban J connectivity index is 2.56. The number of H-pyrrole nitrogens is 1. The summed E-state index contributed by atoms with van der Waals surface area (Å²) in [5, 5.41) is 0. The summed E-state index contributed by atoms with van der Waals surface area (Å²) in [7, 11) is 5.50. The van der Waals surface area contributed by atoms with Gasteiger partial charge in [0, 0.05) is 5.69 Å². The Morgan fingerprint density at radius 3 is 2.92 bits per heavy atom. The predicted molar refractivity (Wildman–Crippen MR) is 49.1 cm³/mol. The number of aromatic nitrogens is 1. The van der Waals surface area contributed by atoms with E-state index in [4.69, 9.17) is 7.85 Å². The van der Waals surface area contributed by atoms with E-state index in [0.717, 1.165) is 18.5 Å². The van der Waals surface area contributed by atoms with Crippen molar-refractivity contribution < 1.29 is 0 Å². The second kappa shape index (κ2) is 2.81. The minimum absolute atomic E-state index is 0.143. The van der Waals surface area contributed by atoms with Crippen LogP contribution in [0.1, 0.15) is 24.1 Å². The first-order valence-corrected chi connectivity index (χ1v) is 4.28. The van der Waals surface area contributed by atoms with Crippen LogP contribution in [0, 0.1) is 0 Å². The van der Waals surface area contributed by atoms with Gasteiger partial charge in [0.1, 0.15) is 7.85 Å². The van der Waals surface area contributed by atoms with Crippen LogP contribution in [0.3, 0.4) is 0 Å². The second-order valence-corrected chi connectivity index (χ2v) is 3.26. The van der Waals surface area contributed by atoms with Gasteiger partial charge in [0.05, 0.1) is 0 Å². The van der Waals surface area contributed by atoms with Crippen LogP contribution in [-0.4, -0.2) is 12.8 Å². The van der Waals surface area contributed by atoms with Crippen molar-refractivity contribution >= 4 is 13.3 Å². The van der Waals surface area contributed by atoms with Crippen LogP contribution in [0.25, 0.3) is 0 Å². The highest BCUT2D eigenvalue weighted by Crippen LogP contribution is 2.16. The standard InChI is InChI=1S/C9H10BNO/c10-7-5-6-3-1-2-4-8(6)11-9(7)12/h5H,1-4H2,(H,11,12). The second-order valence-electron chi connectivity index (χ2n) is 3.26. The smallest absolute Gasteiger partial charge is 0.240 e. The van der Waals surface area contributed by atoms with Gasteiger partial charge in [-0.15, -0.1) is 0 Å².